The van der Waals surface area contributed by atoms with Crippen LogP contribution in [0.4, 0.5) is 4.39 Å². The first-order chi connectivity index (χ1) is 13.2. The van der Waals surface area contributed by atoms with Crippen LogP contribution in [0.15, 0.2) is 51.1 Å². The Morgan fingerprint density at radius 1 is 1.30 bits per heavy atom. The van der Waals surface area contributed by atoms with E-state index in [0.29, 0.717) is 24.1 Å². The van der Waals surface area contributed by atoms with Crippen molar-refractivity contribution in [1.29, 1.82) is 0 Å². The summed E-state index contributed by atoms with van der Waals surface area (Å²) in [5, 5.41) is 10.3. The van der Waals surface area contributed by atoms with Crippen LogP contribution >= 0.6 is 23.1 Å². The number of thiophene rings is 1. The number of aromatic nitrogens is 2. The van der Waals surface area contributed by atoms with E-state index in [2.05, 4.69) is 10.2 Å². The number of hydrogen-bond acceptors (Lipinski definition) is 6. The van der Waals surface area contributed by atoms with Crippen molar-refractivity contribution in [2.24, 2.45) is 0 Å². The Labute approximate surface area is 164 Å². The predicted octanol–water partition coefficient (Wildman–Crippen LogP) is 4.44. The maximum atomic E-state index is 13.0. The maximum absolute atomic E-state index is 13.0. The second-order valence-corrected chi connectivity index (χ2v) is 8.34. The van der Waals surface area contributed by atoms with E-state index >= 15 is 0 Å². The Hall–Kier alpha value is -2.19. The number of carbonyl (C=O) groups is 1. The minimum absolute atomic E-state index is 0.0692. The number of benzene rings is 1. The Balaban J connectivity index is 1.36. The molecular weight excluding hydrogens is 385 g/mol. The van der Waals surface area contributed by atoms with Gasteiger partial charge in [0.05, 0.1) is 16.5 Å². The minimum Gasteiger partial charge on any atom is -0.420 e. The van der Waals surface area contributed by atoms with E-state index in [-0.39, 0.29) is 17.6 Å². The Kier molecular flexibility index (Phi) is 5.54. The summed E-state index contributed by atoms with van der Waals surface area (Å²) in [5.41, 5.74) is 0. The molecule has 0 spiro atoms. The summed E-state index contributed by atoms with van der Waals surface area (Å²) in [7, 11) is 0. The van der Waals surface area contributed by atoms with Gasteiger partial charge in [0, 0.05) is 18.0 Å². The molecule has 1 aromatic carbocycles. The van der Waals surface area contributed by atoms with Crippen LogP contribution in [-0.2, 0) is 4.79 Å². The second kappa shape index (κ2) is 8.22. The second-order valence-electron chi connectivity index (χ2n) is 6.34. The van der Waals surface area contributed by atoms with Crippen molar-refractivity contribution in [2.45, 2.75) is 23.7 Å². The molecular formula is C19H18FN3O2S2. The van der Waals surface area contributed by atoms with E-state index in [1.807, 2.05) is 22.4 Å². The van der Waals surface area contributed by atoms with Gasteiger partial charge < -0.3 is 9.32 Å². The SMILES string of the molecule is O=C(CSc1ccc(F)cc1)N1CCCC(c2nnc(-c3cccs3)o2)C1. The molecule has 0 N–H and O–H groups in total. The number of thioether (sulfide) groups is 1. The number of nitrogens with zero attached hydrogens (tertiary/aromatic N) is 3. The van der Waals surface area contributed by atoms with Crippen molar-refractivity contribution in [3.05, 3.63) is 53.5 Å². The number of piperidine rings is 1. The fourth-order valence-electron chi connectivity index (χ4n) is 3.07. The number of carbonyl (C=O) groups excluding carboxylic acids is 1. The summed E-state index contributed by atoms with van der Waals surface area (Å²) < 4.78 is 18.8. The smallest absolute Gasteiger partial charge is 0.257 e. The summed E-state index contributed by atoms with van der Waals surface area (Å²) in [6.45, 7) is 1.33. The zero-order valence-corrected chi connectivity index (χ0v) is 16.1. The van der Waals surface area contributed by atoms with Crippen molar-refractivity contribution in [2.75, 3.05) is 18.8 Å². The molecule has 4 rings (SSSR count). The highest BCUT2D eigenvalue weighted by atomic mass is 32.2. The molecule has 140 valence electrons. The molecule has 3 aromatic rings. The van der Waals surface area contributed by atoms with Crippen LogP contribution in [0, 0.1) is 5.82 Å². The molecule has 1 aliphatic heterocycles. The molecule has 0 radical (unpaired) electrons. The van der Waals surface area contributed by atoms with E-state index in [4.69, 9.17) is 4.42 Å². The molecule has 3 heterocycles. The van der Waals surface area contributed by atoms with Crippen molar-refractivity contribution < 1.29 is 13.6 Å². The zero-order valence-electron chi connectivity index (χ0n) is 14.5. The lowest BCUT2D eigenvalue weighted by Gasteiger charge is -2.31. The molecule has 0 saturated carbocycles. The van der Waals surface area contributed by atoms with Crippen molar-refractivity contribution in [3.8, 4) is 10.8 Å². The highest BCUT2D eigenvalue weighted by Gasteiger charge is 2.28. The molecule has 8 heteroatoms. The molecule has 0 aliphatic carbocycles. The lowest BCUT2D eigenvalue weighted by atomic mass is 9.98. The monoisotopic (exact) mass is 403 g/mol. The zero-order chi connectivity index (χ0) is 18.6. The van der Waals surface area contributed by atoms with Crippen molar-refractivity contribution in [3.63, 3.8) is 0 Å². The highest BCUT2D eigenvalue weighted by molar-refractivity contribution is 8.00. The Bertz CT molecular complexity index is 896. The number of hydrogen-bond donors (Lipinski definition) is 0. The summed E-state index contributed by atoms with van der Waals surface area (Å²) in [4.78, 5) is 16.3. The van der Waals surface area contributed by atoms with Gasteiger partial charge in [-0.15, -0.1) is 33.3 Å². The van der Waals surface area contributed by atoms with Gasteiger partial charge in [-0.25, -0.2) is 4.39 Å². The molecule has 1 saturated heterocycles. The first kappa shape index (κ1) is 18.2. The van der Waals surface area contributed by atoms with Crippen LogP contribution in [0.2, 0.25) is 0 Å². The van der Waals surface area contributed by atoms with Gasteiger partial charge in [-0.1, -0.05) is 6.07 Å². The summed E-state index contributed by atoms with van der Waals surface area (Å²) >= 11 is 2.98. The van der Waals surface area contributed by atoms with Gasteiger partial charge in [0.15, 0.2) is 0 Å². The number of amides is 1. The highest BCUT2D eigenvalue weighted by Crippen LogP contribution is 2.30. The molecule has 1 amide bonds. The van der Waals surface area contributed by atoms with Crippen molar-refractivity contribution in [1.82, 2.24) is 15.1 Å². The average molecular weight is 404 g/mol. The molecule has 1 atom stereocenters. The fourth-order valence-corrected chi connectivity index (χ4v) is 4.52. The molecule has 5 nitrogen and oxygen atoms in total. The van der Waals surface area contributed by atoms with E-state index < -0.39 is 0 Å². The van der Waals surface area contributed by atoms with Gasteiger partial charge in [-0.05, 0) is 48.6 Å². The van der Waals surface area contributed by atoms with Gasteiger partial charge >= 0.3 is 0 Å². The molecule has 2 aromatic heterocycles. The molecule has 0 bridgehead atoms. The Morgan fingerprint density at radius 3 is 2.93 bits per heavy atom. The number of rotatable bonds is 5. The van der Waals surface area contributed by atoms with Gasteiger partial charge in [0.1, 0.15) is 5.82 Å². The van der Waals surface area contributed by atoms with Crippen LogP contribution in [0.1, 0.15) is 24.7 Å². The van der Waals surface area contributed by atoms with Crippen molar-refractivity contribution >= 4 is 29.0 Å². The third-order valence-electron chi connectivity index (χ3n) is 4.47. The third kappa shape index (κ3) is 4.39. The summed E-state index contributed by atoms with van der Waals surface area (Å²) in [6.07, 6.45) is 1.84. The third-order valence-corrected chi connectivity index (χ3v) is 6.33. The van der Waals surface area contributed by atoms with E-state index in [0.717, 1.165) is 29.2 Å². The molecule has 1 fully saturated rings. The minimum atomic E-state index is -0.272. The first-order valence-corrected chi connectivity index (χ1v) is 10.6. The normalized spacial score (nSPS) is 17.2. The van der Waals surface area contributed by atoms with Crippen LogP contribution in [0.3, 0.4) is 0 Å². The van der Waals surface area contributed by atoms with Gasteiger partial charge in [0.2, 0.25) is 11.8 Å². The van der Waals surface area contributed by atoms with E-state index in [1.54, 1.807) is 23.5 Å². The van der Waals surface area contributed by atoms with Crippen LogP contribution in [0.25, 0.3) is 10.8 Å². The van der Waals surface area contributed by atoms with E-state index in [1.165, 1.54) is 23.9 Å². The standard InChI is InChI=1S/C19H18FN3O2S2/c20-14-5-7-15(8-6-14)27-12-17(24)23-9-1-3-13(11-23)18-21-22-19(25-18)16-4-2-10-26-16/h2,4-8,10,13H,1,3,9,11-12H2. The summed E-state index contributed by atoms with van der Waals surface area (Å²) in [5.74, 6) is 1.35. The fraction of sp³-hybridized carbons (Fsp3) is 0.316. The maximum Gasteiger partial charge on any atom is 0.257 e. The lowest BCUT2D eigenvalue weighted by Crippen LogP contribution is -2.40. The average Bonchev–Trinajstić information content (AvgIpc) is 3.39. The first-order valence-electron chi connectivity index (χ1n) is 8.72. The van der Waals surface area contributed by atoms with E-state index in [9.17, 15) is 9.18 Å². The van der Waals surface area contributed by atoms with Crippen LogP contribution in [-0.4, -0.2) is 39.8 Å². The Morgan fingerprint density at radius 2 is 2.15 bits per heavy atom. The van der Waals surface area contributed by atoms with Crippen LogP contribution < -0.4 is 0 Å². The molecule has 1 unspecified atom stereocenters. The van der Waals surface area contributed by atoms with Gasteiger partial charge in [-0.3, -0.25) is 4.79 Å². The van der Waals surface area contributed by atoms with Crippen LogP contribution in [0.5, 0.6) is 0 Å². The topological polar surface area (TPSA) is 59.2 Å². The van der Waals surface area contributed by atoms with Gasteiger partial charge in [-0.2, -0.15) is 0 Å². The number of likely N-dealkylation sites (tertiary alicyclic amines) is 1. The molecule has 1 aliphatic rings. The lowest BCUT2D eigenvalue weighted by molar-refractivity contribution is -0.129. The quantitative estimate of drug-likeness (QED) is 0.590. The van der Waals surface area contributed by atoms with Gasteiger partial charge in [0.25, 0.3) is 5.89 Å². The largest absolute Gasteiger partial charge is 0.420 e. The summed E-state index contributed by atoms with van der Waals surface area (Å²) in [6, 6.07) is 10.1. The predicted molar refractivity (Wildman–Crippen MR) is 103 cm³/mol. The molecule has 27 heavy (non-hydrogen) atoms. The number of halogens is 1.